The zero-order chi connectivity index (χ0) is 37.6. The molecule has 0 spiro atoms. The van der Waals surface area contributed by atoms with E-state index >= 15 is 0 Å². The highest BCUT2D eigenvalue weighted by Gasteiger charge is 2.38. The van der Waals surface area contributed by atoms with Gasteiger partial charge in [0.2, 0.25) is 11.8 Å². The van der Waals surface area contributed by atoms with Crippen molar-refractivity contribution in [1.29, 1.82) is 0 Å². The lowest BCUT2D eigenvalue weighted by molar-refractivity contribution is -0.135. The van der Waals surface area contributed by atoms with Crippen molar-refractivity contribution in [3.8, 4) is 23.1 Å². The molecule has 14 heteroatoms. The number of hydrogen-bond acceptors (Lipinski definition) is 8. The van der Waals surface area contributed by atoms with Crippen molar-refractivity contribution < 1.29 is 28.7 Å². The number of aromatic amines is 2. The first-order valence-electron chi connectivity index (χ1n) is 18.1. The predicted molar refractivity (Wildman–Crippen MR) is 197 cm³/mol. The number of carbonyl (C=O) groups is 4. The molecule has 2 fully saturated rings. The number of amides is 4. The van der Waals surface area contributed by atoms with Gasteiger partial charge in [-0.3, -0.25) is 9.59 Å². The lowest BCUT2D eigenvalue weighted by atomic mass is 10.0. The van der Waals surface area contributed by atoms with Crippen LogP contribution in [0.4, 0.5) is 9.59 Å². The topological polar surface area (TPSA) is 175 Å². The normalized spacial score (nSPS) is 18.0. The summed E-state index contributed by atoms with van der Waals surface area (Å²) in [6.45, 7) is 6.82. The number of nitrogens with one attached hydrogen (secondary N) is 4. The van der Waals surface area contributed by atoms with Crippen molar-refractivity contribution in [1.82, 2.24) is 40.4 Å². The minimum atomic E-state index is -0.692. The van der Waals surface area contributed by atoms with Gasteiger partial charge < -0.3 is 39.9 Å². The number of imidazole rings is 2. The number of hydrogen-bond donors (Lipinski definition) is 4. The van der Waals surface area contributed by atoms with Crippen LogP contribution in [0.1, 0.15) is 87.7 Å². The smallest absolute Gasteiger partial charge is 0.407 e. The molecule has 4 amide bonds. The van der Waals surface area contributed by atoms with E-state index in [4.69, 9.17) is 14.5 Å². The van der Waals surface area contributed by atoms with E-state index in [0.29, 0.717) is 31.2 Å². The van der Waals surface area contributed by atoms with Crippen molar-refractivity contribution in [3.05, 3.63) is 71.4 Å². The minimum absolute atomic E-state index is 0.108. The van der Waals surface area contributed by atoms with Gasteiger partial charge in [-0.05, 0) is 73.9 Å². The fourth-order valence-electron chi connectivity index (χ4n) is 7.04. The van der Waals surface area contributed by atoms with Crippen LogP contribution in [-0.4, -0.2) is 93.1 Å². The third kappa shape index (κ3) is 8.14. The Labute approximate surface area is 308 Å². The van der Waals surface area contributed by atoms with E-state index in [1.54, 1.807) is 16.0 Å². The van der Waals surface area contributed by atoms with E-state index < -0.39 is 24.3 Å². The number of alkyl carbamates (subject to hydrolysis) is 2. The maximum atomic E-state index is 13.5. The van der Waals surface area contributed by atoms with Crippen LogP contribution in [0, 0.1) is 17.8 Å². The number of H-pyrrole nitrogens is 2. The van der Waals surface area contributed by atoms with Gasteiger partial charge in [-0.1, -0.05) is 44.7 Å². The molecule has 0 unspecified atom stereocenters. The molecular formula is C39H46N8O6. The Balaban J connectivity index is 1.12. The highest BCUT2D eigenvalue weighted by Crippen LogP contribution is 2.34. The highest BCUT2D eigenvalue weighted by molar-refractivity contribution is 5.87. The van der Waals surface area contributed by atoms with Crippen LogP contribution >= 0.6 is 0 Å². The first-order chi connectivity index (χ1) is 25.6. The number of aromatic nitrogens is 4. The fourth-order valence-corrected chi connectivity index (χ4v) is 7.04. The highest BCUT2D eigenvalue weighted by atomic mass is 16.5. The molecule has 2 aliphatic heterocycles. The summed E-state index contributed by atoms with van der Waals surface area (Å²) >= 11 is 0. The van der Waals surface area contributed by atoms with E-state index in [1.165, 1.54) is 14.2 Å². The number of rotatable bonds is 9. The standard InChI is InChI=1S/C39H46N8O6/c1-6-27(44-38(50)52-4)36(48)46-19-8-10-32(46)35-41-28-18-15-25(21-29(28)42-35)12-11-24-13-16-26(17-14-24)30-22-40-34(43-30)31-9-7-20-47(31)37(49)33(23(2)3)45-39(51)53-5/h13-18,21-23,27,31-33H,6-10,19-20H2,1-5H3,(H,40,43)(H,41,42)(H,44,50)(H,45,51)/t27-,31-,32-,33+/m0/s1. The monoisotopic (exact) mass is 722 g/mol. The van der Waals surface area contributed by atoms with Crippen LogP contribution in [0.3, 0.4) is 0 Å². The van der Waals surface area contributed by atoms with E-state index in [-0.39, 0.29) is 29.8 Å². The average molecular weight is 723 g/mol. The van der Waals surface area contributed by atoms with E-state index in [9.17, 15) is 19.2 Å². The van der Waals surface area contributed by atoms with Gasteiger partial charge in [0.1, 0.15) is 23.7 Å². The van der Waals surface area contributed by atoms with Gasteiger partial charge in [-0.2, -0.15) is 0 Å². The molecule has 53 heavy (non-hydrogen) atoms. The molecule has 4 aromatic rings. The summed E-state index contributed by atoms with van der Waals surface area (Å²) in [7, 11) is 2.56. The van der Waals surface area contributed by atoms with Gasteiger partial charge in [-0.15, -0.1) is 0 Å². The fraction of sp³-hybridized carbons (Fsp3) is 0.436. The van der Waals surface area contributed by atoms with E-state index in [2.05, 4.69) is 37.4 Å². The number of likely N-dealkylation sites (tertiary alicyclic amines) is 2. The largest absolute Gasteiger partial charge is 0.453 e. The van der Waals surface area contributed by atoms with Gasteiger partial charge in [0, 0.05) is 24.2 Å². The molecule has 0 radical (unpaired) electrons. The first-order valence-corrected chi connectivity index (χ1v) is 18.1. The number of nitrogens with zero attached hydrogens (tertiary/aromatic N) is 4. The molecule has 2 saturated heterocycles. The molecule has 4 atom stereocenters. The lowest BCUT2D eigenvalue weighted by Gasteiger charge is -2.30. The quantitative estimate of drug-likeness (QED) is 0.171. The number of fused-ring (bicyclic) bond motifs is 1. The van der Waals surface area contributed by atoms with Gasteiger partial charge in [0.25, 0.3) is 0 Å². The van der Waals surface area contributed by atoms with Gasteiger partial charge >= 0.3 is 12.2 Å². The summed E-state index contributed by atoms with van der Waals surface area (Å²) < 4.78 is 9.44. The Morgan fingerprint density at radius 1 is 0.849 bits per heavy atom. The zero-order valence-electron chi connectivity index (χ0n) is 30.7. The zero-order valence-corrected chi connectivity index (χ0v) is 30.7. The average Bonchev–Trinajstić information content (AvgIpc) is 4.00. The molecule has 4 heterocycles. The third-order valence-corrected chi connectivity index (χ3v) is 9.92. The van der Waals surface area contributed by atoms with Crippen molar-refractivity contribution in [2.24, 2.45) is 5.92 Å². The van der Waals surface area contributed by atoms with Crippen LogP contribution in [0.15, 0.2) is 48.7 Å². The Morgan fingerprint density at radius 3 is 2.13 bits per heavy atom. The summed E-state index contributed by atoms with van der Waals surface area (Å²) in [5.74, 6) is 7.51. The molecular weight excluding hydrogens is 676 g/mol. The van der Waals surface area contributed by atoms with Gasteiger partial charge in [0.15, 0.2) is 0 Å². The molecule has 2 aliphatic rings. The molecule has 0 saturated carbocycles. The van der Waals surface area contributed by atoms with Crippen LogP contribution in [-0.2, 0) is 19.1 Å². The summed E-state index contributed by atoms with van der Waals surface area (Å²) in [6, 6.07) is 11.9. The number of carbonyl (C=O) groups excluding carboxylic acids is 4. The van der Waals surface area contributed by atoms with E-state index in [1.807, 2.05) is 63.2 Å². The maximum absolute atomic E-state index is 13.5. The molecule has 6 rings (SSSR count). The van der Waals surface area contributed by atoms with Gasteiger partial charge in [0.05, 0.1) is 49.2 Å². The SMILES string of the molecule is CC[C@H](NC(=O)OC)C(=O)N1CCC[C@H]1c1nc2ccc(C#Cc3ccc(-c4cnc([C@@H]5CCCN5C(=O)[C@H](NC(=O)OC)C(C)C)[nH]4)cc3)cc2[nH]1. The molecule has 0 aliphatic carbocycles. The molecule has 2 aromatic heterocycles. The molecule has 4 N–H and O–H groups in total. The number of methoxy groups -OCH3 is 2. The van der Waals surface area contributed by atoms with Crippen molar-refractivity contribution in [2.45, 2.75) is 77.0 Å². The molecule has 278 valence electrons. The molecule has 2 aromatic carbocycles. The first kappa shape index (κ1) is 36.9. The Kier molecular flexibility index (Phi) is 11.3. The van der Waals surface area contributed by atoms with Crippen molar-refractivity contribution >= 4 is 35.0 Å². The predicted octanol–water partition coefficient (Wildman–Crippen LogP) is 5.20. The van der Waals surface area contributed by atoms with Crippen molar-refractivity contribution in [2.75, 3.05) is 27.3 Å². The van der Waals surface area contributed by atoms with Crippen molar-refractivity contribution in [3.63, 3.8) is 0 Å². The van der Waals surface area contributed by atoms with Crippen LogP contribution < -0.4 is 10.6 Å². The Morgan fingerprint density at radius 2 is 1.47 bits per heavy atom. The summed E-state index contributed by atoms with van der Waals surface area (Å²) in [4.78, 5) is 70.4. The summed E-state index contributed by atoms with van der Waals surface area (Å²) in [6.07, 6.45) is 4.20. The summed E-state index contributed by atoms with van der Waals surface area (Å²) in [5.41, 5.74) is 5.05. The second-order valence-electron chi connectivity index (χ2n) is 13.7. The molecule has 0 bridgehead atoms. The third-order valence-electron chi connectivity index (χ3n) is 9.92. The maximum Gasteiger partial charge on any atom is 0.407 e. The summed E-state index contributed by atoms with van der Waals surface area (Å²) in [5, 5.41) is 5.32. The minimum Gasteiger partial charge on any atom is -0.453 e. The molecule has 14 nitrogen and oxygen atoms in total. The van der Waals surface area contributed by atoms with Crippen LogP contribution in [0.5, 0.6) is 0 Å². The van der Waals surface area contributed by atoms with Crippen LogP contribution in [0.2, 0.25) is 0 Å². The Bertz CT molecular complexity index is 2030. The lowest BCUT2D eigenvalue weighted by Crippen LogP contribution is -2.51. The van der Waals surface area contributed by atoms with Gasteiger partial charge in [-0.25, -0.2) is 19.6 Å². The van der Waals surface area contributed by atoms with E-state index in [0.717, 1.165) is 59.1 Å². The second-order valence-corrected chi connectivity index (χ2v) is 13.7. The number of ether oxygens (including phenoxy) is 2. The Hall–Kier alpha value is -5.84. The van der Waals surface area contributed by atoms with Crippen LogP contribution in [0.25, 0.3) is 22.3 Å². The number of benzene rings is 2. The second kappa shape index (κ2) is 16.2.